The van der Waals surface area contributed by atoms with Gasteiger partial charge >= 0.3 is 0 Å². The van der Waals surface area contributed by atoms with Crippen molar-refractivity contribution in [3.8, 4) is 0 Å². The van der Waals surface area contributed by atoms with Crippen LogP contribution in [0.2, 0.25) is 0 Å². The van der Waals surface area contributed by atoms with Crippen LogP contribution in [-0.4, -0.2) is 21.9 Å². The van der Waals surface area contributed by atoms with Gasteiger partial charge in [-0.1, -0.05) is 13.8 Å². The van der Waals surface area contributed by atoms with Crippen molar-refractivity contribution in [2.75, 3.05) is 0 Å². The Labute approximate surface area is 90.1 Å². The molecule has 0 bridgehead atoms. The lowest BCUT2D eigenvalue weighted by Crippen LogP contribution is -2.31. The molecule has 0 spiro atoms. The quantitative estimate of drug-likeness (QED) is 0.821. The second-order valence-electron chi connectivity index (χ2n) is 4.11. The highest BCUT2D eigenvalue weighted by molar-refractivity contribution is 5.92. The second kappa shape index (κ2) is 4.87. The number of aromatic nitrogens is 2. The molecule has 82 valence electrons. The van der Waals surface area contributed by atoms with E-state index in [1.807, 2.05) is 27.7 Å². The Hall–Kier alpha value is -1.45. The van der Waals surface area contributed by atoms with Gasteiger partial charge in [0.05, 0.1) is 11.9 Å². The fourth-order valence-electron chi connectivity index (χ4n) is 1.10. The van der Waals surface area contributed by atoms with Gasteiger partial charge in [0, 0.05) is 12.2 Å². The molecule has 0 aliphatic carbocycles. The molecule has 1 aromatic rings. The molecule has 4 heteroatoms. The number of nitrogens with one attached hydrogen (secondary N) is 1. The SMILES string of the molecule is CC(C)NC(=O)c1cncc(C(C)C)n1. The zero-order valence-corrected chi connectivity index (χ0v) is 9.61. The Morgan fingerprint density at radius 1 is 1.27 bits per heavy atom. The maximum atomic E-state index is 11.6. The molecule has 0 fully saturated rings. The summed E-state index contributed by atoms with van der Waals surface area (Å²) in [5.74, 6) is 0.115. The van der Waals surface area contributed by atoms with E-state index in [-0.39, 0.29) is 17.9 Å². The Morgan fingerprint density at radius 2 is 1.93 bits per heavy atom. The van der Waals surface area contributed by atoms with Crippen molar-refractivity contribution in [2.45, 2.75) is 39.7 Å². The summed E-state index contributed by atoms with van der Waals surface area (Å²) in [4.78, 5) is 19.9. The summed E-state index contributed by atoms with van der Waals surface area (Å²) in [7, 11) is 0. The summed E-state index contributed by atoms with van der Waals surface area (Å²) >= 11 is 0. The van der Waals surface area contributed by atoms with Crippen LogP contribution in [0.4, 0.5) is 0 Å². The van der Waals surface area contributed by atoms with Gasteiger partial charge in [0.25, 0.3) is 5.91 Å². The van der Waals surface area contributed by atoms with Crippen LogP contribution in [0.1, 0.15) is 49.8 Å². The number of hydrogen-bond donors (Lipinski definition) is 1. The summed E-state index contributed by atoms with van der Waals surface area (Å²) in [6, 6.07) is 0.113. The van der Waals surface area contributed by atoms with Crippen molar-refractivity contribution in [1.29, 1.82) is 0 Å². The molecule has 0 saturated carbocycles. The fraction of sp³-hybridized carbons (Fsp3) is 0.545. The van der Waals surface area contributed by atoms with E-state index in [9.17, 15) is 4.79 Å². The van der Waals surface area contributed by atoms with Gasteiger partial charge < -0.3 is 5.32 Å². The maximum absolute atomic E-state index is 11.6. The lowest BCUT2D eigenvalue weighted by atomic mass is 10.1. The third kappa shape index (κ3) is 3.31. The molecule has 0 aliphatic heterocycles. The first kappa shape index (κ1) is 11.6. The van der Waals surface area contributed by atoms with Crippen LogP contribution in [0.5, 0.6) is 0 Å². The molecule has 0 aliphatic rings. The Bertz CT molecular complexity index is 347. The van der Waals surface area contributed by atoms with Crippen LogP contribution in [0.15, 0.2) is 12.4 Å². The van der Waals surface area contributed by atoms with E-state index in [1.54, 1.807) is 6.20 Å². The van der Waals surface area contributed by atoms with Crippen molar-refractivity contribution in [1.82, 2.24) is 15.3 Å². The number of amides is 1. The first-order valence-electron chi connectivity index (χ1n) is 5.13. The highest BCUT2D eigenvalue weighted by Gasteiger charge is 2.10. The van der Waals surface area contributed by atoms with Crippen LogP contribution in [0.25, 0.3) is 0 Å². The van der Waals surface area contributed by atoms with Gasteiger partial charge in [0.1, 0.15) is 5.69 Å². The summed E-state index contributed by atoms with van der Waals surface area (Å²) in [5.41, 5.74) is 1.22. The van der Waals surface area contributed by atoms with E-state index in [1.165, 1.54) is 6.20 Å². The predicted molar refractivity (Wildman–Crippen MR) is 58.7 cm³/mol. The van der Waals surface area contributed by atoms with E-state index in [2.05, 4.69) is 15.3 Å². The number of hydrogen-bond acceptors (Lipinski definition) is 3. The van der Waals surface area contributed by atoms with Crippen molar-refractivity contribution >= 4 is 5.91 Å². The normalized spacial score (nSPS) is 10.8. The van der Waals surface area contributed by atoms with Crippen LogP contribution >= 0.6 is 0 Å². The van der Waals surface area contributed by atoms with E-state index < -0.39 is 0 Å². The first-order valence-corrected chi connectivity index (χ1v) is 5.13. The standard InChI is InChI=1S/C11H17N3O/c1-7(2)9-5-12-6-10(14-9)11(15)13-8(3)4/h5-8H,1-4H3,(H,13,15). The van der Waals surface area contributed by atoms with Crippen molar-refractivity contribution < 1.29 is 4.79 Å². The molecule has 0 saturated heterocycles. The molecular formula is C11H17N3O. The van der Waals surface area contributed by atoms with Crippen molar-refractivity contribution in [3.05, 3.63) is 23.8 Å². The minimum Gasteiger partial charge on any atom is -0.348 e. The molecule has 1 heterocycles. The molecule has 4 nitrogen and oxygen atoms in total. The summed E-state index contributed by atoms with van der Waals surface area (Å²) in [5, 5.41) is 2.78. The van der Waals surface area contributed by atoms with E-state index >= 15 is 0 Å². The third-order valence-corrected chi connectivity index (χ3v) is 1.90. The van der Waals surface area contributed by atoms with Crippen LogP contribution in [0.3, 0.4) is 0 Å². The van der Waals surface area contributed by atoms with Gasteiger partial charge in [-0.25, -0.2) is 4.98 Å². The summed E-state index contributed by atoms with van der Waals surface area (Å²) in [6.07, 6.45) is 3.18. The lowest BCUT2D eigenvalue weighted by Gasteiger charge is -2.09. The Balaban J connectivity index is 2.85. The number of rotatable bonds is 3. The zero-order valence-electron chi connectivity index (χ0n) is 9.61. The van der Waals surface area contributed by atoms with E-state index in [4.69, 9.17) is 0 Å². The smallest absolute Gasteiger partial charge is 0.271 e. The number of carbonyl (C=O) groups excluding carboxylic acids is 1. The average molecular weight is 207 g/mol. The average Bonchev–Trinajstić information content (AvgIpc) is 2.17. The molecule has 0 radical (unpaired) electrons. The van der Waals surface area contributed by atoms with Gasteiger partial charge in [-0.3, -0.25) is 9.78 Å². The van der Waals surface area contributed by atoms with Gasteiger partial charge in [-0.05, 0) is 19.8 Å². The molecule has 0 atom stereocenters. The van der Waals surface area contributed by atoms with Crippen LogP contribution in [0, 0.1) is 0 Å². The molecule has 1 rings (SSSR count). The Morgan fingerprint density at radius 3 is 2.47 bits per heavy atom. The van der Waals surface area contributed by atoms with Crippen molar-refractivity contribution in [3.63, 3.8) is 0 Å². The summed E-state index contributed by atoms with van der Waals surface area (Å²) < 4.78 is 0. The lowest BCUT2D eigenvalue weighted by molar-refractivity contribution is 0.0937. The van der Waals surface area contributed by atoms with Gasteiger partial charge in [0.2, 0.25) is 0 Å². The minimum atomic E-state index is -0.167. The number of carbonyl (C=O) groups is 1. The third-order valence-electron chi connectivity index (χ3n) is 1.90. The summed E-state index contributed by atoms with van der Waals surface area (Å²) in [6.45, 7) is 7.87. The predicted octanol–water partition coefficient (Wildman–Crippen LogP) is 1.74. The highest BCUT2D eigenvalue weighted by atomic mass is 16.1. The fourth-order valence-corrected chi connectivity index (χ4v) is 1.10. The number of nitrogens with zero attached hydrogens (tertiary/aromatic N) is 2. The maximum Gasteiger partial charge on any atom is 0.271 e. The monoisotopic (exact) mass is 207 g/mol. The second-order valence-corrected chi connectivity index (χ2v) is 4.11. The van der Waals surface area contributed by atoms with Crippen LogP contribution < -0.4 is 5.32 Å². The minimum absolute atomic E-state index is 0.113. The first-order chi connectivity index (χ1) is 7.00. The molecule has 1 N–H and O–H groups in total. The molecule has 0 unspecified atom stereocenters. The van der Waals surface area contributed by atoms with E-state index in [0.29, 0.717) is 5.69 Å². The largest absolute Gasteiger partial charge is 0.348 e. The van der Waals surface area contributed by atoms with Crippen LogP contribution in [-0.2, 0) is 0 Å². The van der Waals surface area contributed by atoms with Gasteiger partial charge in [-0.2, -0.15) is 0 Å². The highest BCUT2D eigenvalue weighted by Crippen LogP contribution is 2.09. The molecule has 1 aromatic heterocycles. The topological polar surface area (TPSA) is 54.9 Å². The molecule has 15 heavy (non-hydrogen) atoms. The molecular weight excluding hydrogens is 190 g/mol. The van der Waals surface area contributed by atoms with E-state index in [0.717, 1.165) is 5.69 Å². The molecule has 0 aromatic carbocycles. The Kier molecular flexibility index (Phi) is 3.77. The van der Waals surface area contributed by atoms with Gasteiger partial charge in [0.15, 0.2) is 0 Å². The van der Waals surface area contributed by atoms with Crippen molar-refractivity contribution in [2.24, 2.45) is 0 Å². The zero-order chi connectivity index (χ0) is 11.4. The van der Waals surface area contributed by atoms with Gasteiger partial charge in [-0.15, -0.1) is 0 Å². The molecule has 1 amide bonds.